The molecule has 38 heavy (non-hydrogen) atoms. The summed E-state index contributed by atoms with van der Waals surface area (Å²) in [6, 6.07) is 31.7. The van der Waals surface area contributed by atoms with Crippen molar-refractivity contribution in [3.05, 3.63) is 111 Å². The van der Waals surface area contributed by atoms with Gasteiger partial charge in [-0.2, -0.15) is 4.57 Å². The van der Waals surface area contributed by atoms with Crippen molar-refractivity contribution in [2.24, 2.45) is 0 Å². The van der Waals surface area contributed by atoms with Crippen LogP contribution in [-0.4, -0.2) is 0 Å². The van der Waals surface area contributed by atoms with E-state index < -0.39 is 0 Å². The lowest BCUT2D eigenvalue weighted by Gasteiger charge is -2.22. The van der Waals surface area contributed by atoms with E-state index in [0.29, 0.717) is 12.0 Å². The first-order valence-corrected chi connectivity index (χ1v) is 15.0. The van der Waals surface area contributed by atoms with Crippen molar-refractivity contribution < 1.29 is 28.5 Å². The molecule has 0 amide bonds. The Balaban J connectivity index is 0.00000336. The SMILES string of the molecule is CC(C)c1ccc(/C=C/c2cc(-c3ccc(Br)cc3)cc(-c3ccc(Br)cc3)[n+]2C2CCCCC2)cc1.[I-]. The molecule has 0 saturated heterocycles. The minimum atomic E-state index is 0. The molecule has 3 aromatic carbocycles. The van der Waals surface area contributed by atoms with Gasteiger partial charge in [0.15, 0.2) is 6.04 Å². The largest absolute Gasteiger partial charge is 1.00 e. The van der Waals surface area contributed by atoms with Gasteiger partial charge in [-0.1, -0.05) is 88.5 Å². The lowest BCUT2D eigenvalue weighted by Crippen LogP contribution is -3.00. The van der Waals surface area contributed by atoms with Crippen LogP contribution in [0, 0.1) is 0 Å². The zero-order valence-electron chi connectivity index (χ0n) is 22.0. The third-order valence-electron chi connectivity index (χ3n) is 7.44. The molecule has 0 unspecified atom stereocenters. The van der Waals surface area contributed by atoms with Gasteiger partial charge in [0.1, 0.15) is 0 Å². The molecule has 4 heteroatoms. The fourth-order valence-corrected chi connectivity index (χ4v) is 5.86. The molecule has 1 nitrogen and oxygen atoms in total. The highest BCUT2D eigenvalue weighted by molar-refractivity contribution is 9.10. The van der Waals surface area contributed by atoms with Crippen LogP contribution in [0.15, 0.2) is 93.9 Å². The summed E-state index contributed by atoms with van der Waals surface area (Å²) in [6.07, 6.45) is 11.0. The molecule has 0 bridgehead atoms. The standard InChI is InChI=1S/C34H34Br2N.HI/c1-24(2)26-11-8-25(9-12-26)10-21-33-22-29(27-13-17-30(35)18-14-27)23-34(28-15-19-31(36)20-16-28)37(33)32-6-4-3-5-7-32;/h8-24,32H,3-7H2,1-2H3;1H/q+1;/p-1/b21-10+;. The fraction of sp³-hybridized carbons (Fsp3) is 0.265. The summed E-state index contributed by atoms with van der Waals surface area (Å²) in [4.78, 5) is 0. The molecule has 0 radical (unpaired) electrons. The molecular formula is C34H34Br2IN. The number of hydrogen-bond donors (Lipinski definition) is 0. The Labute approximate surface area is 261 Å². The minimum absolute atomic E-state index is 0. The second-order valence-electron chi connectivity index (χ2n) is 10.4. The first-order chi connectivity index (χ1) is 18.0. The molecule has 1 aliphatic carbocycles. The normalized spacial score (nSPS) is 14.1. The van der Waals surface area contributed by atoms with Crippen LogP contribution in [0.25, 0.3) is 34.5 Å². The summed E-state index contributed by atoms with van der Waals surface area (Å²) in [5.41, 5.74) is 8.89. The van der Waals surface area contributed by atoms with Gasteiger partial charge in [0, 0.05) is 45.6 Å². The Kier molecular flexibility index (Phi) is 10.4. The molecule has 0 spiro atoms. The third kappa shape index (κ3) is 7.05. The summed E-state index contributed by atoms with van der Waals surface area (Å²) in [6.45, 7) is 4.49. The number of pyridine rings is 1. The Morgan fingerprint density at radius 3 is 1.84 bits per heavy atom. The zero-order chi connectivity index (χ0) is 25.8. The van der Waals surface area contributed by atoms with Crippen LogP contribution in [0.3, 0.4) is 0 Å². The van der Waals surface area contributed by atoms with E-state index in [2.05, 4.69) is 147 Å². The molecule has 1 aromatic heterocycles. The van der Waals surface area contributed by atoms with Gasteiger partial charge in [-0.25, -0.2) is 0 Å². The van der Waals surface area contributed by atoms with Gasteiger partial charge >= 0.3 is 0 Å². The second-order valence-corrected chi connectivity index (χ2v) is 12.2. The molecule has 1 saturated carbocycles. The molecule has 5 rings (SSSR count). The van der Waals surface area contributed by atoms with Crippen LogP contribution in [0.2, 0.25) is 0 Å². The summed E-state index contributed by atoms with van der Waals surface area (Å²) < 4.78 is 4.82. The molecule has 1 aliphatic rings. The Morgan fingerprint density at radius 2 is 1.26 bits per heavy atom. The average Bonchev–Trinajstić information content (AvgIpc) is 2.93. The fourth-order valence-electron chi connectivity index (χ4n) is 5.33. The topological polar surface area (TPSA) is 3.88 Å². The van der Waals surface area contributed by atoms with Gasteiger partial charge < -0.3 is 24.0 Å². The minimum Gasteiger partial charge on any atom is -1.00 e. The van der Waals surface area contributed by atoms with Crippen molar-refractivity contribution >= 4 is 44.0 Å². The third-order valence-corrected chi connectivity index (χ3v) is 8.50. The first-order valence-electron chi connectivity index (χ1n) is 13.4. The quantitative estimate of drug-likeness (QED) is 0.141. The molecular weight excluding hydrogens is 709 g/mol. The summed E-state index contributed by atoms with van der Waals surface area (Å²) in [5.74, 6) is 0.544. The van der Waals surface area contributed by atoms with E-state index >= 15 is 0 Å². The molecule has 1 heterocycles. The highest BCUT2D eigenvalue weighted by Crippen LogP contribution is 2.32. The molecule has 0 N–H and O–H groups in total. The number of halogens is 3. The van der Waals surface area contributed by atoms with E-state index in [4.69, 9.17) is 0 Å². The maximum Gasteiger partial charge on any atom is 0.213 e. The molecule has 1 fully saturated rings. The number of nitrogens with zero attached hydrogens (tertiary/aromatic N) is 1. The van der Waals surface area contributed by atoms with E-state index in [1.165, 1.54) is 71.3 Å². The lowest BCUT2D eigenvalue weighted by atomic mass is 9.92. The van der Waals surface area contributed by atoms with Gasteiger partial charge in [-0.3, -0.25) is 0 Å². The summed E-state index contributed by atoms with van der Waals surface area (Å²) in [5, 5.41) is 0. The van der Waals surface area contributed by atoms with Crippen LogP contribution in [-0.2, 0) is 0 Å². The first kappa shape index (κ1) is 29.2. The second kappa shape index (κ2) is 13.5. The van der Waals surface area contributed by atoms with Crippen molar-refractivity contribution in [1.29, 1.82) is 0 Å². The highest BCUT2D eigenvalue weighted by Gasteiger charge is 2.29. The maximum atomic E-state index is 3.63. The molecule has 4 aromatic rings. The van der Waals surface area contributed by atoms with Gasteiger partial charge in [0.25, 0.3) is 0 Å². The molecule has 196 valence electrons. The van der Waals surface area contributed by atoms with Crippen molar-refractivity contribution in [1.82, 2.24) is 0 Å². The number of rotatable bonds is 6. The predicted molar refractivity (Wildman–Crippen MR) is 164 cm³/mol. The zero-order valence-corrected chi connectivity index (χ0v) is 27.3. The van der Waals surface area contributed by atoms with Crippen LogP contribution >= 0.6 is 31.9 Å². The van der Waals surface area contributed by atoms with Crippen LogP contribution in [0.5, 0.6) is 0 Å². The van der Waals surface area contributed by atoms with Gasteiger partial charge in [-0.15, -0.1) is 0 Å². The van der Waals surface area contributed by atoms with Gasteiger partial charge in [0.2, 0.25) is 11.4 Å². The molecule has 0 atom stereocenters. The Morgan fingerprint density at radius 1 is 0.684 bits per heavy atom. The van der Waals surface area contributed by atoms with Crippen molar-refractivity contribution in [3.8, 4) is 22.4 Å². The molecule has 0 aliphatic heterocycles. The average molecular weight is 743 g/mol. The number of benzene rings is 3. The van der Waals surface area contributed by atoms with Crippen molar-refractivity contribution in [2.45, 2.75) is 57.9 Å². The highest BCUT2D eigenvalue weighted by atomic mass is 127. The van der Waals surface area contributed by atoms with Crippen LogP contribution < -0.4 is 28.5 Å². The van der Waals surface area contributed by atoms with Crippen molar-refractivity contribution in [3.63, 3.8) is 0 Å². The van der Waals surface area contributed by atoms with E-state index in [1.54, 1.807) is 0 Å². The maximum absolute atomic E-state index is 3.63. The van der Waals surface area contributed by atoms with E-state index in [0.717, 1.165) is 8.95 Å². The predicted octanol–water partition coefficient (Wildman–Crippen LogP) is 7.64. The van der Waals surface area contributed by atoms with Crippen LogP contribution in [0.4, 0.5) is 0 Å². The van der Waals surface area contributed by atoms with E-state index in [1.807, 2.05) is 0 Å². The summed E-state index contributed by atoms with van der Waals surface area (Å²) >= 11 is 7.23. The van der Waals surface area contributed by atoms with Gasteiger partial charge in [-0.05, 0) is 83.5 Å². The van der Waals surface area contributed by atoms with Crippen LogP contribution in [0.1, 0.15) is 74.7 Å². The summed E-state index contributed by atoms with van der Waals surface area (Å²) in [7, 11) is 0. The number of aromatic nitrogens is 1. The van der Waals surface area contributed by atoms with E-state index in [9.17, 15) is 0 Å². The Bertz CT molecular complexity index is 1370. The Hall–Kier alpha value is -1.76. The smallest absolute Gasteiger partial charge is 0.213 e. The van der Waals surface area contributed by atoms with E-state index in [-0.39, 0.29) is 24.0 Å². The van der Waals surface area contributed by atoms with Gasteiger partial charge in [0.05, 0.1) is 0 Å². The number of hydrogen-bond acceptors (Lipinski definition) is 0. The van der Waals surface area contributed by atoms with Crippen molar-refractivity contribution in [2.75, 3.05) is 0 Å². The lowest BCUT2D eigenvalue weighted by molar-refractivity contribution is -0.716. The monoisotopic (exact) mass is 741 g/mol.